The zero-order valence-electron chi connectivity index (χ0n) is 10.5. The number of halogens is 4. The van der Waals surface area contributed by atoms with E-state index in [1.54, 1.807) is 6.07 Å². The summed E-state index contributed by atoms with van der Waals surface area (Å²) < 4.78 is 20.5. The Balaban J connectivity index is 2.33. The third-order valence-electron chi connectivity index (χ3n) is 2.68. The predicted molar refractivity (Wildman–Crippen MR) is 85.9 cm³/mol. The lowest BCUT2D eigenvalue weighted by atomic mass is 10.1. The number of rotatable bonds is 3. The molecule has 0 spiro atoms. The van der Waals surface area contributed by atoms with Gasteiger partial charge >= 0.3 is 0 Å². The minimum atomic E-state index is -0.534. The van der Waals surface area contributed by atoms with Gasteiger partial charge in [0.1, 0.15) is 17.3 Å². The smallest absolute Gasteiger partial charge is 0.145 e. The molecule has 0 aliphatic carbocycles. The fourth-order valence-corrected chi connectivity index (χ4v) is 2.78. The van der Waals surface area contributed by atoms with Crippen LogP contribution in [-0.2, 0) is 0 Å². The maximum absolute atomic E-state index is 13.5. The fourth-order valence-electron chi connectivity index (χ4n) is 1.58. The Morgan fingerprint density at radius 2 is 1.80 bits per heavy atom. The molecule has 106 valence electrons. The number of ether oxygens (including phenoxy) is 1. The fraction of sp³-hybridized carbons (Fsp3) is 0.143. The SMILES string of the molecule is CC(N)c1ccc(Oc2cc(F)c(Cl)cc2Br)c(Br)c1. The maximum atomic E-state index is 13.5. The molecule has 2 aromatic carbocycles. The molecule has 1 atom stereocenters. The molecule has 0 heterocycles. The summed E-state index contributed by atoms with van der Waals surface area (Å²) in [6.07, 6.45) is 0. The van der Waals surface area contributed by atoms with Crippen molar-refractivity contribution in [2.24, 2.45) is 5.73 Å². The van der Waals surface area contributed by atoms with Crippen LogP contribution in [-0.4, -0.2) is 0 Å². The van der Waals surface area contributed by atoms with E-state index in [9.17, 15) is 4.39 Å². The summed E-state index contributed by atoms with van der Waals surface area (Å²) in [5, 5.41) is 0.0376. The van der Waals surface area contributed by atoms with Gasteiger partial charge in [0, 0.05) is 12.1 Å². The predicted octanol–water partition coefficient (Wildman–Crippen LogP) is 5.82. The maximum Gasteiger partial charge on any atom is 0.145 e. The molecule has 0 fully saturated rings. The number of hydrogen-bond acceptors (Lipinski definition) is 2. The first-order chi connectivity index (χ1) is 9.38. The second-order valence-corrected chi connectivity index (χ2v) is 6.39. The second-order valence-electron chi connectivity index (χ2n) is 4.28. The van der Waals surface area contributed by atoms with E-state index < -0.39 is 5.82 Å². The molecular formula is C14H11Br2ClFNO. The van der Waals surface area contributed by atoms with Crippen LogP contribution in [0.3, 0.4) is 0 Å². The van der Waals surface area contributed by atoms with Crippen LogP contribution in [0.5, 0.6) is 11.5 Å². The third kappa shape index (κ3) is 3.52. The molecule has 0 saturated carbocycles. The normalized spacial score (nSPS) is 12.3. The van der Waals surface area contributed by atoms with Crippen LogP contribution in [0.1, 0.15) is 18.5 Å². The molecular weight excluding hydrogens is 412 g/mol. The average molecular weight is 424 g/mol. The van der Waals surface area contributed by atoms with Crippen molar-refractivity contribution < 1.29 is 9.13 Å². The van der Waals surface area contributed by atoms with Gasteiger partial charge in [-0.25, -0.2) is 4.39 Å². The molecule has 1 unspecified atom stereocenters. The van der Waals surface area contributed by atoms with Gasteiger partial charge in [0.2, 0.25) is 0 Å². The van der Waals surface area contributed by atoms with Gasteiger partial charge in [0.15, 0.2) is 0 Å². The van der Waals surface area contributed by atoms with Gasteiger partial charge < -0.3 is 10.5 Å². The summed E-state index contributed by atoms with van der Waals surface area (Å²) in [5.41, 5.74) is 6.79. The average Bonchev–Trinajstić information content (AvgIpc) is 2.37. The quantitative estimate of drug-likeness (QED) is 0.632. The Kier molecular flexibility index (Phi) is 5.07. The Morgan fingerprint density at radius 3 is 2.40 bits per heavy atom. The molecule has 0 aromatic heterocycles. The zero-order chi connectivity index (χ0) is 14.9. The second kappa shape index (κ2) is 6.43. The van der Waals surface area contributed by atoms with Crippen LogP contribution < -0.4 is 10.5 Å². The monoisotopic (exact) mass is 421 g/mol. The Labute approximate surface area is 138 Å². The third-order valence-corrected chi connectivity index (χ3v) is 4.21. The van der Waals surface area contributed by atoms with Crippen LogP contribution in [0, 0.1) is 5.82 Å². The summed E-state index contributed by atoms with van der Waals surface area (Å²) in [6, 6.07) is 8.14. The van der Waals surface area contributed by atoms with Gasteiger partial charge in [-0.05, 0) is 62.5 Å². The molecule has 0 bridgehead atoms. The van der Waals surface area contributed by atoms with Crippen molar-refractivity contribution in [3.63, 3.8) is 0 Å². The lowest BCUT2D eigenvalue weighted by Gasteiger charge is -2.12. The first kappa shape index (κ1) is 15.8. The van der Waals surface area contributed by atoms with E-state index in [0.29, 0.717) is 16.0 Å². The summed E-state index contributed by atoms with van der Waals surface area (Å²) >= 11 is 12.4. The molecule has 6 heteroatoms. The van der Waals surface area contributed by atoms with E-state index in [2.05, 4.69) is 31.9 Å². The first-order valence-corrected chi connectivity index (χ1v) is 7.72. The van der Waals surface area contributed by atoms with E-state index >= 15 is 0 Å². The lowest BCUT2D eigenvalue weighted by molar-refractivity contribution is 0.470. The van der Waals surface area contributed by atoms with Crippen molar-refractivity contribution in [2.75, 3.05) is 0 Å². The van der Waals surface area contributed by atoms with Gasteiger partial charge in [-0.15, -0.1) is 0 Å². The summed E-state index contributed by atoms with van der Waals surface area (Å²) in [6.45, 7) is 1.90. The van der Waals surface area contributed by atoms with Crippen molar-refractivity contribution in [3.05, 3.63) is 55.7 Å². The minimum absolute atomic E-state index is 0.0376. The minimum Gasteiger partial charge on any atom is -0.455 e. The zero-order valence-corrected chi connectivity index (χ0v) is 14.4. The lowest BCUT2D eigenvalue weighted by Crippen LogP contribution is -2.04. The molecule has 2 aromatic rings. The van der Waals surface area contributed by atoms with E-state index in [1.165, 1.54) is 12.1 Å². The highest BCUT2D eigenvalue weighted by Gasteiger charge is 2.11. The Hall–Kier alpha value is -0.620. The standard InChI is InChI=1S/C14H11Br2ClFNO/c1-7(19)8-2-3-13(9(15)4-8)20-14-6-12(18)11(17)5-10(14)16/h2-7H,19H2,1H3. The van der Waals surface area contributed by atoms with Crippen LogP contribution in [0.15, 0.2) is 39.3 Å². The number of nitrogens with two attached hydrogens (primary N) is 1. The molecule has 0 aliphatic heterocycles. The highest BCUT2D eigenvalue weighted by atomic mass is 79.9. The molecule has 2 nitrogen and oxygen atoms in total. The van der Waals surface area contributed by atoms with Crippen LogP contribution >= 0.6 is 43.5 Å². The summed E-state index contributed by atoms with van der Waals surface area (Å²) in [4.78, 5) is 0. The largest absolute Gasteiger partial charge is 0.455 e. The van der Waals surface area contributed by atoms with Crippen molar-refractivity contribution in [1.82, 2.24) is 0 Å². The molecule has 0 radical (unpaired) electrons. The highest BCUT2D eigenvalue weighted by molar-refractivity contribution is 9.11. The summed E-state index contributed by atoms with van der Waals surface area (Å²) in [7, 11) is 0. The van der Waals surface area contributed by atoms with Crippen LogP contribution in [0.4, 0.5) is 4.39 Å². The van der Waals surface area contributed by atoms with Gasteiger partial charge in [-0.2, -0.15) is 0 Å². The van der Waals surface area contributed by atoms with E-state index in [0.717, 1.165) is 10.0 Å². The number of benzene rings is 2. The topological polar surface area (TPSA) is 35.2 Å². The molecule has 0 aliphatic rings. The molecule has 2 N–H and O–H groups in total. The first-order valence-electron chi connectivity index (χ1n) is 5.76. The van der Waals surface area contributed by atoms with Crippen molar-refractivity contribution in [1.29, 1.82) is 0 Å². The van der Waals surface area contributed by atoms with Crippen molar-refractivity contribution in [2.45, 2.75) is 13.0 Å². The Bertz CT molecular complexity index is 649. The molecule has 0 amide bonds. The molecule has 0 saturated heterocycles. The highest BCUT2D eigenvalue weighted by Crippen LogP contribution is 2.37. The van der Waals surface area contributed by atoms with Crippen LogP contribution in [0.2, 0.25) is 5.02 Å². The van der Waals surface area contributed by atoms with Crippen molar-refractivity contribution >= 4 is 43.5 Å². The van der Waals surface area contributed by atoms with Gasteiger partial charge in [0.25, 0.3) is 0 Å². The van der Waals surface area contributed by atoms with E-state index in [1.807, 2.05) is 19.1 Å². The number of hydrogen-bond donors (Lipinski definition) is 1. The van der Waals surface area contributed by atoms with Gasteiger partial charge in [0.05, 0.1) is 14.0 Å². The Morgan fingerprint density at radius 1 is 1.15 bits per heavy atom. The van der Waals surface area contributed by atoms with Crippen LogP contribution in [0.25, 0.3) is 0 Å². The molecule has 2 rings (SSSR count). The van der Waals surface area contributed by atoms with Gasteiger partial charge in [-0.1, -0.05) is 17.7 Å². The van der Waals surface area contributed by atoms with Gasteiger partial charge in [-0.3, -0.25) is 0 Å². The van der Waals surface area contributed by atoms with Crippen molar-refractivity contribution in [3.8, 4) is 11.5 Å². The molecule has 20 heavy (non-hydrogen) atoms. The summed E-state index contributed by atoms with van der Waals surface area (Å²) in [5.74, 6) is 0.381. The van der Waals surface area contributed by atoms with E-state index in [-0.39, 0.29) is 11.1 Å². The van der Waals surface area contributed by atoms with E-state index in [4.69, 9.17) is 22.1 Å².